The Hall–Kier alpha value is -2.23. The van der Waals surface area contributed by atoms with Gasteiger partial charge < -0.3 is 24.6 Å². The first-order valence-electron chi connectivity index (χ1n) is 10.3. The van der Waals surface area contributed by atoms with Crippen LogP contribution in [0.25, 0.3) is 0 Å². The molecule has 2 aromatic rings. The van der Waals surface area contributed by atoms with Gasteiger partial charge in [0.05, 0.1) is 0 Å². The van der Waals surface area contributed by atoms with E-state index in [1.807, 2.05) is 31.4 Å². The van der Waals surface area contributed by atoms with Gasteiger partial charge >= 0.3 is 0 Å². The number of fused-ring (bicyclic) bond motifs is 1. The van der Waals surface area contributed by atoms with Crippen molar-refractivity contribution in [1.82, 2.24) is 15.2 Å². The van der Waals surface area contributed by atoms with Crippen LogP contribution in [0.15, 0.2) is 47.6 Å². The summed E-state index contributed by atoms with van der Waals surface area (Å²) in [7, 11) is 1.87. The topological polar surface area (TPSA) is 62.2 Å². The molecule has 3 aliphatic rings. The molecule has 1 saturated carbocycles. The van der Waals surface area contributed by atoms with Crippen molar-refractivity contribution in [3.8, 4) is 11.5 Å². The van der Waals surface area contributed by atoms with Crippen LogP contribution in [0.2, 0.25) is 0 Å². The predicted octanol–water partition coefficient (Wildman–Crippen LogP) is 2.86. The lowest BCUT2D eigenvalue weighted by atomic mass is 9.95. The Bertz CT molecular complexity index is 896. The molecule has 1 aromatic carbocycles. The van der Waals surface area contributed by atoms with Crippen molar-refractivity contribution >= 4 is 35.8 Å². The van der Waals surface area contributed by atoms with Gasteiger partial charge in [-0.15, -0.1) is 24.0 Å². The van der Waals surface area contributed by atoms with E-state index in [2.05, 4.69) is 43.3 Å². The third kappa shape index (κ3) is 4.14. The Morgan fingerprint density at radius 1 is 1.10 bits per heavy atom. The summed E-state index contributed by atoms with van der Waals surface area (Å²) in [4.78, 5) is 13.7. The molecule has 2 fully saturated rings. The van der Waals surface area contributed by atoms with Crippen molar-refractivity contribution in [2.24, 2.45) is 4.99 Å². The fraction of sp³-hybridized carbons (Fsp3) is 0.455. The lowest BCUT2D eigenvalue weighted by molar-refractivity contribution is 0.174. The first-order valence-corrected chi connectivity index (χ1v) is 10.3. The molecule has 3 heterocycles. The number of halogens is 1. The van der Waals surface area contributed by atoms with Gasteiger partial charge in [-0.25, -0.2) is 4.98 Å². The molecule has 1 N–H and O–H groups in total. The van der Waals surface area contributed by atoms with E-state index in [0.717, 1.165) is 56.0 Å². The third-order valence-electron chi connectivity index (χ3n) is 6.19. The summed E-state index contributed by atoms with van der Waals surface area (Å²) in [6.07, 6.45) is 4.22. The molecule has 0 amide bonds. The van der Waals surface area contributed by atoms with Gasteiger partial charge in [-0.1, -0.05) is 12.1 Å². The van der Waals surface area contributed by atoms with E-state index in [0.29, 0.717) is 6.79 Å². The van der Waals surface area contributed by atoms with Crippen molar-refractivity contribution in [3.63, 3.8) is 0 Å². The highest BCUT2D eigenvalue weighted by Gasteiger charge is 2.45. The van der Waals surface area contributed by atoms with Gasteiger partial charge in [-0.3, -0.25) is 4.99 Å². The van der Waals surface area contributed by atoms with Crippen molar-refractivity contribution in [2.75, 3.05) is 51.5 Å². The minimum Gasteiger partial charge on any atom is -0.454 e. The standard InChI is InChI=1S/C22H27N5O2.HI/c1-23-21(27-12-10-26(11-13-27)20-4-2-3-9-24-20)25-15-22(7-8-22)17-5-6-18-19(14-17)29-16-28-18;/h2-6,9,14H,7-8,10-13,15-16H2,1H3,(H,23,25);1H. The summed E-state index contributed by atoms with van der Waals surface area (Å²) >= 11 is 0. The molecule has 1 aliphatic carbocycles. The molecule has 160 valence electrons. The monoisotopic (exact) mass is 521 g/mol. The third-order valence-corrected chi connectivity index (χ3v) is 6.19. The molecule has 1 aromatic heterocycles. The number of piperazine rings is 1. The summed E-state index contributed by atoms with van der Waals surface area (Å²) in [5.74, 6) is 3.75. The van der Waals surface area contributed by atoms with Crippen LogP contribution in [-0.4, -0.2) is 62.4 Å². The van der Waals surface area contributed by atoms with Crippen LogP contribution in [0.4, 0.5) is 5.82 Å². The number of benzene rings is 1. The van der Waals surface area contributed by atoms with Gasteiger partial charge in [0.2, 0.25) is 6.79 Å². The molecule has 2 aliphatic heterocycles. The maximum absolute atomic E-state index is 5.57. The van der Waals surface area contributed by atoms with Gasteiger partial charge in [-0.05, 0) is 42.7 Å². The minimum atomic E-state index is 0. The number of hydrogen-bond donors (Lipinski definition) is 1. The van der Waals surface area contributed by atoms with E-state index in [1.165, 1.54) is 18.4 Å². The van der Waals surface area contributed by atoms with Crippen molar-refractivity contribution < 1.29 is 9.47 Å². The summed E-state index contributed by atoms with van der Waals surface area (Å²) < 4.78 is 11.0. The van der Waals surface area contributed by atoms with Crippen LogP contribution in [0.3, 0.4) is 0 Å². The van der Waals surface area contributed by atoms with Gasteiger partial charge in [0.25, 0.3) is 0 Å². The number of pyridine rings is 1. The molecule has 0 spiro atoms. The molecule has 1 saturated heterocycles. The van der Waals surface area contributed by atoms with E-state index in [4.69, 9.17) is 9.47 Å². The Kier molecular flexibility index (Phi) is 6.21. The number of rotatable bonds is 4. The van der Waals surface area contributed by atoms with E-state index in [9.17, 15) is 0 Å². The van der Waals surface area contributed by atoms with E-state index < -0.39 is 0 Å². The number of hydrogen-bond acceptors (Lipinski definition) is 5. The average molecular weight is 521 g/mol. The smallest absolute Gasteiger partial charge is 0.231 e. The second-order valence-electron chi connectivity index (χ2n) is 7.91. The molecule has 0 atom stereocenters. The number of aliphatic imine (C=N–C) groups is 1. The summed E-state index contributed by atoms with van der Waals surface area (Å²) in [6.45, 7) is 4.98. The molecular formula is C22H28IN5O2. The largest absolute Gasteiger partial charge is 0.454 e. The molecule has 8 heteroatoms. The van der Waals surface area contributed by atoms with Gasteiger partial charge in [0.1, 0.15) is 5.82 Å². The summed E-state index contributed by atoms with van der Waals surface area (Å²) in [5.41, 5.74) is 1.50. The van der Waals surface area contributed by atoms with Gasteiger partial charge in [-0.2, -0.15) is 0 Å². The Balaban J connectivity index is 0.00000218. The van der Waals surface area contributed by atoms with Crippen LogP contribution in [0.1, 0.15) is 18.4 Å². The highest BCUT2D eigenvalue weighted by Crippen LogP contribution is 2.49. The molecule has 5 rings (SSSR count). The Morgan fingerprint density at radius 2 is 1.90 bits per heavy atom. The zero-order valence-electron chi connectivity index (χ0n) is 17.2. The second kappa shape index (κ2) is 8.87. The lowest BCUT2D eigenvalue weighted by Gasteiger charge is -2.37. The SMILES string of the molecule is CN=C(NCC1(c2ccc3c(c2)OCO3)CC1)N1CCN(c2ccccn2)CC1.I. The highest BCUT2D eigenvalue weighted by atomic mass is 127. The fourth-order valence-corrected chi connectivity index (χ4v) is 4.21. The first-order chi connectivity index (χ1) is 14.3. The fourth-order valence-electron chi connectivity index (χ4n) is 4.21. The minimum absolute atomic E-state index is 0. The first kappa shape index (κ1) is 21.0. The normalized spacial score (nSPS) is 19.3. The van der Waals surface area contributed by atoms with Crippen molar-refractivity contribution in [3.05, 3.63) is 48.2 Å². The number of nitrogens with zero attached hydrogens (tertiary/aromatic N) is 4. The number of anilines is 1. The van der Waals surface area contributed by atoms with E-state index in [1.54, 1.807) is 0 Å². The molecule has 30 heavy (non-hydrogen) atoms. The van der Waals surface area contributed by atoms with Crippen LogP contribution >= 0.6 is 24.0 Å². The predicted molar refractivity (Wildman–Crippen MR) is 128 cm³/mol. The number of guanidine groups is 1. The number of nitrogens with one attached hydrogen (secondary N) is 1. The van der Waals surface area contributed by atoms with Crippen molar-refractivity contribution in [1.29, 1.82) is 0 Å². The Labute approximate surface area is 194 Å². The average Bonchev–Trinajstić information content (AvgIpc) is 3.43. The Morgan fingerprint density at radius 3 is 2.60 bits per heavy atom. The van der Waals surface area contributed by atoms with Gasteiger partial charge in [0, 0.05) is 51.4 Å². The molecule has 0 radical (unpaired) electrons. The van der Waals surface area contributed by atoms with Crippen LogP contribution in [0, 0.1) is 0 Å². The van der Waals surface area contributed by atoms with E-state index in [-0.39, 0.29) is 29.4 Å². The zero-order valence-corrected chi connectivity index (χ0v) is 19.5. The van der Waals surface area contributed by atoms with Crippen molar-refractivity contribution in [2.45, 2.75) is 18.3 Å². The van der Waals surface area contributed by atoms with Crippen LogP contribution < -0.4 is 19.7 Å². The molecule has 7 nitrogen and oxygen atoms in total. The maximum Gasteiger partial charge on any atom is 0.231 e. The molecule has 0 unspecified atom stereocenters. The number of ether oxygens (including phenoxy) is 2. The summed E-state index contributed by atoms with van der Waals surface area (Å²) in [5, 5.41) is 3.63. The summed E-state index contributed by atoms with van der Waals surface area (Å²) in [6, 6.07) is 12.4. The molecular weight excluding hydrogens is 493 g/mol. The van der Waals surface area contributed by atoms with Gasteiger partial charge in [0.15, 0.2) is 17.5 Å². The zero-order chi connectivity index (χ0) is 19.7. The second-order valence-corrected chi connectivity index (χ2v) is 7.91. The van der Waals surface area contributed by atoms with Crippen LogP contribution in [-0.2, 0) is 5.41 Å². The van der Waals surface area contributed by atoms with E-state index >= 15 is 0 Å². The number of aromatic nitrogens is 1. The quantitative estimate of drug-likeness (QED) is 0.380. The lowest BCUT2D eigenvalue weighted by Crippen LogP contribution is -2.53. The highest BCUT2D eigenvalue weighted by molar-refractivity contribution is 14.0. The van der Waals surface area contributed by atoms with Crippen LogP contribution in [0.5, 0.6) is 11.5 Å². The maximum atomic E-state index is 5.57. The molecule has 0 bridgehead atoms.